The van der Waals surface area contributed by atoms with E-state index in [-0.39, 0.29) is 12.4 Å². The maximum absolute atomic E-state index is 13.3. The molecule has 0 bridgehead atoms. The smallest absolute Gasteiger partial charge is 0.326 e. The van der Waals surface area contributed by atoms with Gasteiger partial charge >= 0.3 is 5.97 Å². The predicted octanol–water partition coefficient (Wildman–Crippen LogP) is 1.19. The van der Waals surface area contributed by atoms with Crippen molar-refractivity contribution >= 4 is 17.7 Å². The van der Waals surface area contributed by atoms with Gasteiger partial charge in [0.1, 0.15) is 17.5 Å². The highest BCUT2D eigenvalue weighted by Gasteiger charge is 2.53. The molecule has 2 unspecified atom stereocenters. The monoisotopic (exact) mass is 372 g/mol. The molecule has 0 aromatic heterocycles. The summed E-state index contributed by atoms with van der Waals surface area (Å²) in [6.07, 6.45) is 1.92. The first kappa shape index (κ1) is 19.5. The van der Waals surface area contributed by atoms with Gasteiger partial charge in [-0.1, -0.05) is 36.8 Å². The van der Waals surface area contributed by atoms with Crippen molar-refractivity contribution in [3.8, 4) is 0 Å². The Bertz CT molecular complexity index is 759. The number of ether oxygens (including phenoxy) is 1. The highest BCUT2D eigenvalue weighted by molar-refractivity contribution is 5.98. The summed E-state index contributed by atoms with van der Waals surface area (Å²) in [4.78, 5) is 42.7. The number of benzene rings is 1. The molecule has 1 saturated carbocycles. The Morgan fingerprint density at radius 3 is 2.74 bits per heavy atom. The van der Waals surface area contributed by atoms with Gasteiger partial charge in [0.05, 0.1) is 13.7 Å². The van der Waals surface area contributed by atoms with Gasteiger partial charge in [-0.25, -0.2) is 4.79 Å². The van der Waals surface area contributed by atoms with Crippen LogP contribution in [0.4, 0.5) is 0 Å². The second-order valence-corrected chi connectivity index (χ2v) is 7.06. The van der Waals surface area contributed by atoms with E-state index in [1.165, 1.54) is 12.2 Å². The molecule has 7 nitrogen and oxygen atoms in total. The van der Waals surface area contributed by atoms with Crippen LogP contribution in [0.3, 0.4) is 0 Å². The molecular weight excluding hydrogens is 348 g/mol. The number of esters is 1. The van der Waals surface area contributed by atoms with Crippen molar-refractivity contribution in [2.24, 2.45) is 11.7 Å². The fourth-order valence-corrected chi connectivity index (χ4v) is 4.01. The SMILES string of the molecule is COC(=O)C1(N)CCCC1C(=O)[C@@H]1C(=C=O)CCN1OCc1ccccc1. The zero-order valence-corrected chi connectivity index (χ0v) is 15.3. The number of hydroxylamine groups is 2. The lowest BCUT2D eigenvalue weighted by Crippen LogP contribution is -2.57. The third kappa shape index (κ3) is 3.73. The van der Waals surface area contributed by atoms with Gasteiger partial charge in [-0.3, -0.25) is 14.4 Å². The molecule has 1 aliphatic heterocycles. The number of carbonyl (C=O) groups is 2. The van der Waals surface area contributed by atoms with Crippen molar-refractivity contribution in [1.29, 1.82) is 0 Å². The number of ketones is 1. The van der Waals surface area contributed by atoms with E-state index in [2.05, 4.69) is 0 Å². The van der Waals surface area contributed by atoms with Crippen LogP contribution in [-0.2, 0) is 30.6 Å². The van der Waals surface area contributed by atoms with Crippen LogP contribution < -0.4 is 5.73 Å². The van der Waals surface area contributed by atoms with Crippen molar-refractivity contribution in [3.05, 3.63) is 41.5 Å². The lowest BCUT2D eigenvalue weighted by molar-refractivity contribution is -0.183. The Hall–Kier alpha value is -2.31. The quantitative estimate of drug-likeness (QED) is 0.591. The molecule has 1 saturated heterocycles. The van der Waals surface area contributed by atoms with Crippen LogP contribution in [0.1, 0.15) is 31.2 Å². The number of hydrogen-bond donors (Lipinski definition) is 1. The predicted molar refractivity (Wildman–Crippen MR) is 96.8 cm³/mol. The van der Waals surface area contributed by atoms with Gasteiger partial charge in [-0.2, -0.15) is 5.06 Å². The average Bonchev–Trinajstić information content (AvgIpc) is 3.30. The van der Waals surface area contributed by atoms with Gasteiger partial charge < -0.3 is 10.5 Å². The van der Waals surface area contributed by atoms with E-state index in [1.54, 1.807) is 0 Å². The van der Waals surface area contributed by atoms with E-state index in [0.29, 0.717) is 37.8 Å². The zero-order valence-electron chi connectivity index (χ0n) is 15.3. The molecule has 1 aromatic rings. The first-order valence-electron chi connectivity index (χ1n) is 9.09. The first-order valence-corrected chi connectivity index (χ1v) is 9.09. The minimum absolute atomic E-state index is 0.274. The van der Waals surface area contributed by atoms with E-state index >= 15 is 0 Å². The number of rotatable bonds is 6. The summed E-state index contributed by atoms with van der Waals surface area (Å²) in [6.45, 7) is 0.697. The van der Waals surface area contributed by atoms with Crippen LogP contribution in [0.5, 0.6) is 0 Å². The molecular formula is C20H24N2O5. The number of nitrogens with two attached hydrogens (primary N) is 1. The Morgan fingerprint density at radius 2 is 2.07 bits per heavy atom. The zero-order chi connectivity index (χ0) is 19.4. The highest BCUT2D eigenvalue weighted by atomic mass is 16.7. The fraction of sp³-hybridized carbons (Fsp3) is 0.500. The summed E-state index contributed by atoms with van der Waals surface area (Å²) in [6, 6.07) is 8.69. The van der Waals surface area contributed by atoms with Crippen molar-refractivity contribution in [3.63, 3.8) is 0 Å². The van der Waals surface area contributed by atoms with Crippen LogP contribution in [0.2, 0.25) is 0 Å². The molecule has 3 rings (SSSR count). The van der Waals surface area contributed by atoms with E-state index < -0.39 is 23.5 Å². The molecule has 144 valence electrons. The molecule has 27 heavy (non-hydrogen) atoms. The second-order valence-electron chi connectivity index (χ2n) is 7.06. The molecule has 2 aliphatic rings. The molecule has 1 aromatic carbocycles. The van der Waals surface area contributed by atoms with Crippen molar-refractivity contribution in [2.45, 2.75) is 43.9 Å². The van der Waals surface area contributed by atoms with Gasteiger partial charge in [0.15, 0.2) is 5.78 Å². The summed E-state index contributed by atoms with van der Waals surface area (Å²) in [5.74, 6) is 0.309. The minimum Gasteiger partial charge on any atom is -0.468 e. The topological polar surface area (TPSA) is 98.9 Å². The van der Waals surface area contributed by atoms with Gasteiger partial charge in [-0.05, 0) is 24.8 Å². The van der Waals surface area contributed by atoms with Crippen LogP contribution in [0, 0.1) is 5.92 Å². The Morgan fingerprint density at radius 1 is 1.33 bits per heavy atom. The number of hydrogen-bond acceptors (Lipinski definition) is 7. The normalized spacial score (nSPS) is 28.1. The Balaban J connectivity index is 1.79. The summed E-state index contributed by atoms with van der Waals surface area (Å²) in [5.41, 5.74) is 6.20. The summed E-state index contributed by atoms with van der Waals surface area (Å²) >= 11 is 0. The van der Waals surface area contributed by atoms with E-state index in [1.807, 2.05) is 36.3 Å². The van der Waals surface area contributed by atoms with Gasteiger partial charge in [0.2, 0.25) is 0 Å². The maximum atomic E-state index is 13.3. The van der Waals surface area contributed by atoms with Gasteiger partial charge in [0, 0.05) is 18.0 Å². The number of nitrogens with zero attached hydrogens (tertiary/aromatic N) is 1. The molecule has 1 heterocycles. The average molecular weight is 372 g/mol. The lowest BCUT2D eigenvalue weighted by atomic mass is 9.81. The number of methoxy groups -OCH3 is 1. The van der Waals surface area contributed by atoms with Crippen LogP contribution in [0.15, 0.2) is 35.9 Å². The molecule has 2 N–H and O–H groups in total. The van der Waals surface area contributed by atoms with Gasteiger partial charge in [0.25, 0.3) is 0 Å². The second kappa shape index (κ2) is 8.15. The van der Waals surface area contributed by atoms with Crippen LogP contribution in [0.25, 0.3) is 0 Å². The number of Topliss-reactive ketones (excluding diaryl/α,β-unsaturated/α-hetero) is 1. The van der Waals surface area contributed by atoms with Crippen LogP contribution in [-0.4, -0.2) is 48.0 Å². The summed E-state index contributed by atoms with van der Waals surface area (Å²) in [7, 11) is 1.26. The van der Waals surface area contributed by atoms with Crippen molar-refractivity contribution in [1.82, 2.24) is 5.06 Å². The molecule has 2 fully saturated rings. The lowest BCUT2D eigenvalue weighted by Gasteiger charge is -2.31. The molecule has 0 spiro atoms. The largest absolute Gasteiger partial charge is 0.468 e. The maximum Gasteiger partial charge on any atom is 0.326 e. The fourth-order valence-electron chi connectivity index (χ4n) is 4.01. The molecule has 0 radical (unpaired) electrons. The minimum atomic E-state index is -1.35. The Labute approximate surface area is 158 Å². The standard InChI is InChI=1S/C20H24N2O5/c1-26-19(25)20(21)10-5-8-16(20)18(24)17-15(12-23)9-11-22(17)27-13-14-6-3-2-4-7-14/h2-4,6-7,16-17H,5,8-11,13,21H2,1H3/t16?,17-,20?/m0/s1. The van der Waals surface area contributed by atoms with Crippen molar-refractivity contribution in [2.75, 3.05) is 13.7 Å². The first-order chi connectivity index (χ1) is 13.0. The van der Waals surface area contributed by atoms with E-state index in [0.717, 1.165) is 5.56 Å². The van der Waals surface area contributed by atoms with Crippen LogP contribution >= 0.6 is 0 Å². The van der Waals surface area contributed by atoms with E-state index in [4.69, 9.17) is 15.3 Å². The molecule has 3 atom stereocenters. The molecule has 1 aliphatic carbocycles. The number of carbonyl (C=O) groups excluding carboxylic acids is 3. The van der Waals surface area contributed by atoms with Crippen molar-refractivity contribution < 1.29 is 24.0 Å². The third-order valence-electron chi connectivity index (χ3n) is 5.47. The van der Waals surface area contributed by atoms with Gasteiger partial charge in [-0.15, -0.1) is 0 Å². The molecule has 7 heteroatoms. The highest BCUT2D eigenvalue weighted by Crippen LogP contribution is 2.38. The van der Waals surface area contributed by atoms with E-state index in [9.17, 15) is 14.4 Å². The summed E-state index contributed by atoms with van der Waals surface area (Å²) in [5, 5.41) is 1.52. The molecule has 0 amide bonds. The Kier molecular flexibility index (Phi) is 5.87. The third-order valence-corrected chi connectivity index (χ3v) is 5.47. The summed E-state index contributed by atoms with van der Waals surface area (Å²) < 4.78 is 4.82.